The molecule has 0 saturated carbocycles. The summed E-state index contributed by atoms with van der Waals surface area (Å²) in [5.41, 5.74) is 0. The first kappa shape index (κ1) is 9.68. The molecule has 3 heteroatoms. The number of carbonyl (C=O) groups is 1. The van der Waals surface area contributed by atoms with E-state index in [2.05, 4.69) is 6.92 Å². The maximum absolute atomic E-state index is 10.6. The zero-order valence-electron chi connectivity index (χ0n) is 7.82. The second kappa shape index (κ2) is 4.01. The lowest BCUT2D eigenvalue weighted by Gasteiger charge is -2.35. The van der Waals surface area contributed by atoms with Crippen molar-refractivity contribution in [1.82, 2.24) is 0 Å². The molecule has 1 rings (SSSR count). The van der Waals surface area contributed by atoms with E-state index >= 15 is 0 Å². The predicted molar refractivity (Wildman–Crippen MR) is 44.7 cm³/mol. The molecular formula is C9H16O3. The normalized spacial score (nSPS) is 42.6. The predicted octanol–water partition coefficient (Wildman–Crippen LogP) is 1.22. The van der Waals surface area contributed by atoms with E-state index in [1.165, 1.54) is 0 Å². The van der Waals surface area contributed by atoms with Crippen molar-refractivity contribution in [2.24, 2.45) is 11.8 Å². The molecular weight excluding hydrogens is 156 g/mol. The van der Waals surface area contributed by atoms with Gasteiger partial charge in [0.25, 0.3) is 0 Å². The maximum atomic E-state index is 10.6. The van der Waals surface area contributed by atoms with Gasteiger partial charge in [0.1, 0.15) is 12.4 Å². The highest BCUT2D eigenvalue weighted by atomic mass is 16.7. The molecule has 0 aromatic heterocycles. The van der Waals surface area contributed by atoms with E-state index in [1.807, 2.05) is 6.92 Å². The van der Waals surface area contributed by atoms with Crippen LogP contribution in [0.3, 0.4) is 0 Å². The molecule has 0 radical (unpaired) electrons. The number of carbonyl (C=O) groups excluding carboxylic acids is 1. The topological polar surface area (TPSA) is 35.5 Å². The molecule has 1 heterocycles. The van der Waals surface area contributed by atoms with Crippen LogP contribution in [-0.2, 0) is 14.3 Å². The minimum atomic E-state index is -0.286. The summed E-state index contributed by atoms with van der Waals surface area (Å²) < 4.78 is 10.5. The van der Waals surface area contributed by atoms with Crippen LogP contribution < -0.4 is 0 Å². The average molecular weight is 172 g/mol. The molecule has 0 unspecified atom stereocenters. The van der Waals surface area contributed by atoms with Gasteiger partial charge in [0.05, 0.1) is 0 Å². The van der Waals surface area contributed by atoms with Crippen LogP contribution in [0.15, 0.2) is 0 Å². The van der Waals surface area contributed by atoms with E-state index in [-0.39, 0.29) is 12.4 Å². The summed E-state index contributed by atoms with van der Waals surface area (Å²) in [5.74, 6) is 0.685. The van der Waals surface area contributed by atoms with Crippen molar-refractivity contribution in [3.8, 4) is 0 Å². The van der Waals surface area contributed by atoms with E-state index in [0.717, 1.165) is 12.7 Å². The SMILES string of the molecule is CO[C@H]1O[C@H](C=O)[C@@H](C)C[C@H]1C. The van der Waals surface area contributed by atoms with Gasteiger partial charge in [0.15, 0.2) is 6.29 Å². The molecule has 70 valence electrons. The maximum Gasteiger partial charge on any atom is 0.160 e. The van der Waals surface area contributed by atoms with Crippen molar-refractivity contribution in [3.05, 3.63) is 0 Å². The standard InChI is InChI=1S/C9H16O3/c1-6-4-7(2)9(11-3)12-8(6)5-10/h5-9H,4H2,1-3H3/t6-,7+,8+,9-/m0/s1. The number of aldehydes is 1. The van der Waals surface area contributed by atoms with Gasteiger partial charge in [-0.2, -0.15) is 0 Å². The molecule has 1 aliphatic heterocycles. The van der Waals surface area contributed by atoms with Crippen LogP contribution in [-0.4, -0.2) is 25.8 Å². The van der Waals surface area contributed by atoms with Gasteiger partial charge in [0.2, 0.25) is 0 Å². The monoisotopic (exact) mass is 172 g/mol. The summed E-state index contributed by atoms with van der Waals surface area (Å²) in [6.07, 6.45) is 1.35. The van der Waals surface area contributed by atoms with Crippen molar-refractivity contribution >= 4 is 6.29 Å². The molecule has 3 nitrogen and oxygen atoms in total. The van der Waals surface area contributed by atoms with Crippen LogP contribution in [0.4, 0.5) is 0 Å². The highest BCUT2D eigenvalue weighted by Crippen LogP contribution is 2.28. The summed E-state index contributed by atoms with van der Waals surface area (Å²) in [6.45, 7) is 4.10. The smallest absolute Gasteiger partial charge is 0.160 e. The number of hydrogen-bond acceptors (Lipinski definition) is 3. The molecule has 12 heavy (non-hydrogen) atoms. The lowest BCUT2D eigenvalue weighted by Crippen LogP contribution is -2.40. The molecule has 1 aliphatic rings. The van der Waals surface area contributed by atoms with Gasteiger partial charge in [-0.05, 0) is 12.3 Å². The van der Waals surface area contributed by atoms with Gasteiger partial charge in [-0.15, -0.1) is 0 Å². The largest absolute Gasteiger partial charge is 0.356 e. The zero-order valence-corrected chi connectivity index (χ0v) is 7.82. The Morgan fingerprint density at radius 2 is 2.08 bits per heavy atom. The van der Waals surface area contributed by atoms with Gasteiger partial charge >= 0.3 is 0 Å². The van der Waals surface area contributed by atoms with Crippen LogP contribution >= 0.6 is 0 Å². The summed E-state index contributed by atoms with van der Waals surface area (Å²) in [6, 6.07) is 0. The Balaban J connectivity index is 2.56. The molecule has 0 N–H and O–H groups in total. The molecule has 0 aliphatic carbocycles. The van der Waals surface area contributed by atoms with E-state index in [0.29, 0.717) is 11.8 Å². The molecule has 1 saturated heterocycles. The fourth-order valence-corrected chi connectivity index (χ4v) is 1.71. The van der Waals surface area contributed by atoms with E-state index in [4.69, 9.17) is 9.47 Å². The number of ether oxygens (including phenoxy) is 2. The third-order valence-corrected chi connectivity index (χ3v) is 2.43. The highest BCUT2D eigenvalue weighted by molar-refractivity contribution is 5.56. The fraction of sp³-hybridized carbons (Fsp3) is 0.889. The Hall–Kier alpha value is -0.410. The van der Waals surface area contributed by atoms with E-state index < -0.39 is 0 Å². The second-order valence-corrected chi connectivity index (χ2v) is 3.53. The lowest BCUT2D eigenvalue weighted by atomic mass is 9.90. The number of hydrogen-bond donors (Lipinski definition) is 0. The Bertz CT molecular complexity index is 158. The Morgan fingerprint density at radius 1 is 1.42 bits per heavy atom. The van der Waals surface area contributed by atoms with Crippen LogP contribution in [0.1, 0.15) is 20.3 Å². The minimum Gasteiger partial charge on any atom is -0.356 e. The molecule has 0 aromatic carbocycles. The summed E-state index contributed by atoms with van der Waals surface area (Å²) in [4.78, 5) is 10.6. The Kier molecular flexibility index (Phi) is 3.23. The van der Waals surface area contributed by atoms with Gasteiger partial charge in [0, 0.05) is 13.0 Å². The van der Waals surface area contributed by atoms with Crippen LogP contribution in [0.25, 0.3) is 0 Å². The summed E-state index contributed by atoms with van der Waals surface area (Å²) in [5, 5.41) is 0. The van der Waals surface area contributed by atoms with Crippen LogP contribution in [0, 0.1) is 11.8 Å². The van der Waals surface area contributed by atoms with Crippen molar-refractivity contribution in [2.75, 3.05) is 7.11 Å². The fourth-order valence-electron chi connectivity index (χ4n) is 1.71. The molecule has 0 aromatic rings. The van der Waals surface area contributed by atoms with Crippen molar-refractivity contribution in [2.45, 2.75) is 32.7 Å². The molecule has 0 bridgehead atoms. The van der Waals surface area contributed by atoms with Crippen molar-refractivity contribution < 1.29 is 14.3 Å². The van der Waals surface area contributed by atoms with Gasteiger partial charge < -0.3 is 14.3 Å². The van der Waals surface area contributed by atoms with Gasteiger partial charge in [-0.25, -0.2) is 0 Å². The first-order valence-electron chi connectivity index (χ1n) is 4.32. The minimum absolute atomic E-state index is 0.212. The Labute approximate surface area is 73.0 Å². The van der Waals surface area contributed by atoms with E-state index in [9.17, 15) is 4.79 Å². The van der Waals surface area contributed by atoms with Crippen molar-refractivity contribution in [3.63, 3.8) is 0 Å². The lowest BCUT2D eigenvalue weighted by molar-refractivity contribution is -0.214. The van der Waals surface area contributed by atoms with Crippen LogP contribution in [0.5, 0.6) is 0 Å². The average Bonchev–Trinajstić information content (AvgIpc) is 2.05. The first-order valence-corrected chi connectivity index (χ1v) is 4.32. The molecule has 4 atom stereocenters. The van der Waals surface area contributed by atoms with Gasteiger partial charge in [-0.1, -0.05) is 13.8 Å². The molecule has 0 amide bonds. The number of methoxy groups -OCH3 is 1. The third-order valence-electron chi connectivity index (χ3n) is 2.43. The van der Waals surface area contributed by atoms with Crippen LogP contribution in [0.2, 0.25) is 0 Å². The first-order chi connectivity index (χ1) is 5.69. The number of rotatable bonds is 2. The molecule has 1 fully saturated rings. The Morgan fingerprint density at radius 3 is 2.58 bits per heavy atom. The summed E-state index contributed by atoms with van der Waals surface area (Å²) in [7, 11) is 1.61. The second-order valence-electron chi connectivity index (χ2n) is 3.53. The third kappa shape index (κ3) is 1.84. The molecule has 0 spiro atoms. The quantitative estimate of drug-likeness (QED) is 0.587. The zero-order chi connectivity index (χ0) is 9.14. The summed E-state index contributed by atoms with van der Waals surface area (Å²) >= 11 is 0. The van der Waals surface area contributed by atoms with Gasteiger partial charge in [-0.3, -0.25) is 0 Å². The van der Waals surface area contributed by atoms with Crippen molar-refractivity contribution in [1.29, 1.82) is 0 Å². The highest BCUT2D eigenvalue weighted by Gasteiger charge is 2.32. The van der Waals surface area contributed by atoms with E-state index in [1.54, 1.807) is 7.11 Å².